The van der Waals surface area contributed by atoms with Gasteiger partial charge < -0.3 is 10.1 Å². The molecule has 0 bridgehead atoms. The van der Waals surface area contributed by atoms with Crippen molar-refractivity contribution in [1.82, 2.24) is 4.98 Å². The molecule has 0 aliphatic heterocycles. The average molecular weight is 371 g/mol. The molecule has 0 aliphatic carbocycles. The number of hydrogen-bond donors (Lipinski definition) is 1. The van der Waals surface area contributed by atoms with Crippen LogP contribution in [0.15, 0.2) is 42.6 Å². The lowest BCUT2D eigenvalue weighted by Crippen LogP contribution is -2.26. The van der Waals surface area contributed by atoms with Crippen LogP contribution in [-0.2, 0) is 16.0 Å². The van der Waals surface area contributed by atoms with Crippen molar-refractivity contribution in [2.75, 3.05) is 11.9 Å². The summed E-state index contributed by atoms with van der Waals surface area (Å²) in [5.74, 6) is 0.293. The predicted molar refractivity (Wildman–Crippen MR) is 104 cm³/mol. The van der Waals surface area contributed by atoms with Gasteiger partial charge in [0.2, 0.25) is 0 Å². The highest BCUT2D eigenvalue weighted by Gasteiger charge is 2.12. The van der Waals surface area contributed by atoms with Crippen LogP contribution in [0.25, 0.3) is 0 Å². The second-order valence-corrected chi connectivity index (χ2v) is 6.43. The number of nitro groups is 1. The lowest BCUT2D eigenvalue weighted by Gasteiger charge is -2.17. The molecule has 0 spiro atoms. The third kappa shape index (κ3) is 7.05. The summed E-state index contributed by atoms with van der Waals surface area (Å²) in [6.45, 7) is 4.25. The van der Waals surface area contributed by atoms with Gasteiger partial charge in [0.15, 0.2) is 0 Å². The summed E-state index contributed by atoms with van der Waals surface area (Å²) >= 11 is 0. The van der Waals surface area contributed by atoms with Gasteiger partial charge in [-0.3, -0.25) is 14.9 Å². The minimum Gasteiger partial charge on any atom is -0.463 e. The van der Waals surface area contributed by atoms with Gasteiger partial charge in [-0.1, -0.05) is 36.8 Å². The van der Waals surface area contributed by atoms with E-state index in [-0.39, 0.29) is 24.3 Å². The van der Waals surface area contributed by atoms with Crippen molar-refractivity contribution < 1.29 is 14.5 Å². The third-order valence-corrected chi connectivity index (χ3v) is 4.22. The first-order valence-corrected chi connectivity index (χ1v) is 9.06. The van der Waals surface area contributed by atoms with E-state index in [0.29, 0.717) is 12.2 Å². The molecule has 0 radical (unpaired) electrons. The number of nitrogens with zero attached hydrogens (tertiary/aromatic N) is 2. The fourth-order valence-electron chi connectivity index (χ4n) is 2.51. The maximum absolute atomic E-state index is 11.9. The first kappa shape index (κ1) is 20.4. The molecule has 1 aromatic carbocycles. The number of esters is 1. The Morgan fingerprint density at radius 1 is 1.26 bits per heavy atom. The number of hydrogen-bond acceptors (Lipinski definition) is 6. The molecule has 1 aromatic heterocycles. The summed E-state index contributed by atoms with van der Waals surface area (Å²) in [6, 6.07) is 11.1. The van der Waals surface area contributed by atoms with E-state index >= 15 is 0 Å². The van der Waals surface area contributed by atoms with Gasteiger partial charge in [0.05, 0.1) is 11.0 Å². The number of rotatable bonds is 10. The van der Waals surface area contributed by atoms with Crippen LogP contribution < -0.4 is 5.32 Å². The summed E-state index contributed by atoms with van der Waals surface area (Å²) in [4.78, 5) is 26.1. The van der Waals surface area contributed by atoms with Gasteiger partial charge in [-0.15, -0.1) is 0 Å². The van der Waals surface area contributed by atoms with E-state index in [0.717, 1.165) is 19.3 Å². The Balaban J connectivity index is 1.71. The molecule has 1 atom stereocenters. The fraction of sp³-hybridized carbons (Fsp3) is 0.400. The molecule has 0 saturated heterocycles. The number of benzene rings is 1. The molecule has 0 fully saturated rings. The van der Waals surface area contributed by atoms with E-state index in [1.54, 1.807) is 6.07 Å². The van der Waals surface area contributed by atoms with Gasteiger partial charge in [0.1, 0.15) is 18.6 Å². The molecular weight excluding hydrogens is 346 g/mol. The number of nitrogens with one attached hydrogen (secondary N) is 1. The number of aromatic nitrogens is 1. The molecule has 1 heterocycles. The van der Waals surface area contributed by atoms with Gasteiger partial charge in [0, 0.05) is 12.5 Å². The molecule has 0 aliphatic rings. The zero-order chi connectivity index (χ0) is 19.6. The van der Waals surface area contributed by atoms with Crippen LogP contribution in [0.5, 0.6) is 0 Å². The minimum atomic E-state index is -0.494. The van der Waals surface area contributed by atoms with Crippen LogP contribution in [0.4, 0.5) is 11.5 Å². The molecule has 2 rings (SSSR count). The van der Waals surface area contributed by atoms with Crippen molar-refractivity contribution >= 4 is 17.5 Å². The predicted octanol–water partition coefficient (Wildman–Crippen LogP) is 4.05. The Hall–Kier alpha value is -2.96. The van der Waals surface area contributed by atoms with Crippen LogP contribution in [-0.4, -0.2) is 28.5 Å². The van der Waals surface area contributed by atoms with Crippen molar-refractivity contribution in [1.29, 1.82) is 0 Å². The molecule has 0 saturated carbocycles. The number of aryl methyl sites for hydroxylation is 2. The van der Waals surface area contributed by atoms with Crippen LogP contribution in [0, 0.1) is 17.0 Å². The van der Waals surface area contributed by atoms with Crippen LogP contribution >= 0.6 is 0 Å². The Morgan fingerprint density at radius 2 is 2.00 bits per heavy atom. The van der Waals surface area contributed by atoms with Crippen molar-refractivity contribution in [3.63, 3.8) is 0 Å². The van der Waals surface area contributed by atoms with E-state index in [2.05, 4.69) is 34.6 Å². The van der Waals surface area contributed by atoms with E-state index in [1.165, 1.54) is 23.4 Å². The minimum absolute atomic E-state index is 0.0615. The average Bonchev–Trinajstić information content (AvgIpc) is 2.67. The normalized spacial score (nSPS) is 11.6. The van der Waals surface area contributed by atoms with Crippen molar-refractivity contribution in [2.24, 2.45) is 0 Å². The second-order valence-electron chi connectivity index (χ2n) is 6.43. The third-order valence-electron chi connectivity index (χ3n) is 4.22. The Bertz CT molecular complexity index is 745. The molecule has 27 heavy (non-hydrogen) atoms. The number of carbonyl (C=O) groups is 1. The molecule has 0 amide bonds. The standard InChI is InChI=1S/C20H25N3O4/c1-3-17(22-19-12-11-18(13-21-19)23(25)26)14-27-20(24)6-4-5-16-9-7-15(2)8-10-16/h7-13,17H,3-6,14H2,1-2H3,(H,21,22). The fourth-order valence-corrected chi connectivity index (χ4v) is 2.51. The molecule has 144 valence electrons. The Kier molecular flexibility index (Phi) is 7.73. The number of carbonyl (C=O) groups excluding carboxylic acids is 1. The van der Waals surface area contributed by atoms with E-state index < -0.39 is 4.92 Å². The zero-order valence-corrected chi connectivity index (χ0v) is 15.7. The maximum atomic E-state index is 11.9. The topological polar surface area (TPSA) is 94.4 Å². The highest BCUT2D eigenvalue weighted by atomic mass is 16.6. The van der Waals surface area contributed by atoms with Crippen LogP contribution in [0.1, 0.15) is 37.3 Å². The Morgan fingerprint density at radius 3 is 2.59 bits per heavy atom. The molecule has 7 nitrogen and oxygen atoms in total. The molecule has 1 unspecified atom stereocenters. The van der Waals surface area contributed by atoms with Crippen molar-refractivity contribution in [2.45, 2.75) is 45.6 Å². The second kappa shape index (κ2) is 10.3. The molecule has 1 N–H and O–H groups in total. The van der Waals surface area contributed by atoms with Gasteiger partial charge in [-0.25, -0.2) is 4.98 Å². The van der Waals surface area contributed by atoms with Crippen molar-refractivity contribution in [3.05, 3.63) is 63.8 Å². The SMILES string of the molecule is CCC(COC(=O)CCCc1ccc(C)cc1)Nc1ccc([N+](=O)[O-])cn1. The highest BCUT2D eigenvalue weighted by molar-refractivity contribution is 5.69. The quantitative estimate of drug-likeness (QED) is 0.384. The lowest BCUT2D eigenvalue weighted by atomic mass is 10.1. The van der Waals surface area contributed by atoms with Gasteiger partial charge in [0.25, 0.3) is 5.69 Å². The van der Waals surface area contributed by atoms with Crippen molar-refractivity contribution in [3.8, 4) is 0 Å². The van der Waals surface area contributed by atoms with Gasteiger partial charge in [-0.05, 0) is 37.8 Å². The van der Waals surface area contributed by atoms with E-state index in [4.69, 9.17) is 4.74 Å². The molecule has 2 aromatic rings. The molecule has 7 heteroatoms. The molecular formula is C20H25N3O4. The van der Waals surface area contributed by atoms with E-state index in [1.807, 2.05) is 13.8 Å². The zero-order valence-electron chi connectivity index (χ0n) is 15.7. The Labute approximate surface area is 158 Å². The first-order chi connectivity index (χ1) is 13.0. The lowest BCUT2D eigenvalue weighted by molar-refractivity contribution is -0.385. The summed E-state index contributed by atoms with van der Waals surface area (Å²) in [6.07, 6.45) is 3.90. The summed E-state index contributed by atoms with van der Waals surface area (Å²) in [5, 5.41) is 13.8. The number of ether oxygens (including phenoxy) is 1. The smallest absolute Gasteiger partial charge is 0.305 e. The van der Waals surface area contributed by atoms with Gasteiger partial charge >= 0.3 is 5.97 Å². The number of anilines is 1. The summed E-state index contributed by atoms with van der Waals surface area (Å²) < 4.78 is 5.35. The monoisotopic (exact) mass is 371 g/mol. The highest BCUT2D eigenvalue weighted by Crippen LogP contribution is 2.14. The summed E-state index contributed by atoms with van der Waals surface area (Å²) in [7, 11) is 0. The maximum Gasteiger partial charge on any atom is 0.305 e. The first-order valence-electron chi connectivity index (χ1n) is 9.06. The largest absolute Gasteiger partial charge is 0.463 e. The van der Waals surface area contributed by atoms with E-state index in [9.17, 15) is 14.9 Å². The summed E-state index contributed by atoms with van der Waals surface area (Å²) in [5.41, 5.74) is 2.37. The van der Waals surface area contributed by atoms with Crippen LogP contribution in [0.2, 0.25) is 0 Å². The number of pyridine rings is 1. The van der Waals surface area contributed by atoms with Gasteiger partial charge in [-0.2, -0.15) is 0 Å². The van der Waals surface area contributed by atoms with Crippen LogP contribution in [0.3, 0.4) is 0 Å².